The van der Waals surface area contributed by atoms with Gasteiger partial charge in [-0.1, -0.05) is 63.1 Å². The van der Waals surface area contributed by atoms with Crippen molar-refractivity contribution < 1.29 is 9.47 Å². The summed E-state index contributed by atoms with van der Waals surface area (Å²) in [6.45, 7) is 8.66. The molecule has 0 aliphatic rings. The molecular formula is C25H31ClO2. The molecule has 2 unspecified atom stereocenters. The molecule has 3 heteroatoms. The largest absolute Gasteiger partial charge is 0.489 e. The van der Waals surface area contributed by atoms with E-state index in [1.165, 1.54) is 0 Å². The lowest BCUT2D eigenvalue weighted by Crippen LogP contribution is -2.13. The number of benzene rings is 3. The van der Waals surface area contributed by atoms with Crippen molar-refractivity contribution in [3.8, 4) is 11.5 Å². The Bertz CT molecular complexity index is 935. The van der Waals surface area contributed by atoms with Crippen LogP contribution in [0.25, 0.3) is 21.5 Å². The first-order chi connectivity index (χ1) is 13.6. The van der Waals surface area contributed by atoms with E-state index in [0.29, 0.717) is 5.88 Å². The van der Waals surface area contributed by atoms with Crippen LogP contribution >= 0.6 is 11.6 Å². The van der Waals surface area contributed by atoms with E-state index in [0.717, 1.165) is 64.3 Å². The van der Waals surface area contributed by atoms with Gasteiger partial charge in [0.25, 0.3) is 0 Å². The van der Waals surface area contributed by atoms with Crippen molar-refractivity contribution in [2.75, 3.05) is 0 Å². The molecule has 2 atom stereocenters. The zero-order valence-electron chi connectivity index (χ0n) is 17.4. The smallest absolute Gasteiger partial charge is 0.135 e. The van der Waals surface area contributed by atoms with Gasteiger partial charge in [-0.2, -0.15) is 0 Å². The van der Waals surface area contributed by atoms with Gasteiger partial charge < -0.3 is 9.47 Å². The molecule has 0 radical (unpaired) electrons. The first-order valence-corrected chi connectivity index (χ1v) is 11.0. The topological polar surface area (TPSA) is 18.5 Å². The Morgan fingerprint density at radius 1 is 0.750 bits per heavy atom. The monoisotopic (exact) mass is 398 g/mol. The molecule has 0 fully saturated rings. The molecule has 0 aliphatic heterocycles. The molecule has 150 valence electrons. The zero-order valence-corrected chi connectivity index (χ0v) is 18.2. The maximum Gasteiger partial charge on any atom is 0.135 e. The lowest BCUT2D eigenvalue weighted by molar-refractivity contribution is 0.211. The van der Waals surface area contributed by atoms with E-state index in [-0.39, 0.29) is 12.2 Å². The molecule has 0 aliphatic carbocycles. The molecule has 0 heterocycles. The van der Waals surface area contributed by atoms with Gasteiger partial charge in [-0.25, -0.2) is 0 Å². The van der Waals surface area contributed by atoms with Crippen molar-refractivity contribution in [2.24, 2.45) is 0 Å². The Kier molecular flexibility index (Phi) is 7.07. The lowest BCUT2D eigenvalue weighted by atomic mass is 9.98. The second kappa shape index (κ2) is 9.52. The Labute approximate surface area is 173 Å². The normalized spacial score (nSPS) is 13.6. The van der Waals surface area contributed by atoms with Crippen LogP contribution in [0.2, 0.25) is 0 Å². The number of rotatable bonds is 9. The average Bonchev–Trinajstić information content (AvgIpc) is 2.70. The molecule has 0 saturated carbocycles. The predicted molar refractivity (Wildman–Crippen MR) is 121 cm³/mol. The van der Waals surface area contributed by atoms with E-state index in [9.17, 15) is 0 Å². The van der Waals surface area contributed by atoms with Crippen molar-refractivity contribution in [2.45, 2.75) is 71.5 Å². The second-order valence-corrected chi connectivity index (χ2v) is 7.92. The van der Waals surface area contributed by atoms with E-state index < -0.39 is 0 Å². The fraction of sp³-hybridized carbons (Fsp3) is 0.440. The van der Waals surface area contributed by atoms with Crippen LogP contribution in [0.5, 0.6) is 11.5 Å². The summed E-state index contributed by atoms with van der Waals surface area (Å²) in [7, 11) is 0. The second-order valence-electron chi connectivity index (χ2n) is 7.65. The third-order valence-corrected chi connectivity index (χ3v) is 5.48. The summed E-state index contributed by atoms with van der Waals surface area (Å²) in [6, 6.07) is 14.8. The number of halogens is 1. The van der Waals surface area contributed by atoms with E-state index in [1.54, 1.807) is 0 Å². The molecule has 3 aromatic rings. The van der Waals surface area contributed by atoms with E-state index >= 15 is 0 Å². The molecule has 3 aromatic carbocycles. The summed E-state index contributed by atoms with van der Waals surface area (Å²) in [5.74, 6) is 2.37. The van der Waals surface area contributed by atoms with Gasteiger partial charge in [0.05, 0.1) is 12.2 Å². The van der Waals surface area contributed by atoms with Gasteiger partial charge in [-0.15, -0.1) is 11.6 Å². The SMILES string of the molecule is CCCC(C)Oc1c2ccccc2c(OC(C)CCC)c2cc(CCl)ccc12. The van der Waals surface area contributed by atoms with Crippen molar-refractivity contribution in [1.82, 2.24) is 0 Å². The van der Waals surface area contributed by atoms with Crippen molar-refractivity contribution in [1.29, 1.82) is 0 Å². The van der Waals surface area contributed by atoms with Crippen LogP contribution in [0.4, 0.5) is 0 Å². The summed E-state index contributed by atoms with van der Waals surface area (Å²) in [5, 5.41) is 4.38. The summed E-state index contributed by atoms with van der Waals surface area (Å²) in [5.41, 5.74) is 1.09. The molecule has 3 rings (SSSR count). The molecule has 0 bridgehead atoms. The summed E-state index contributed by atoms with van der Waals surface area (Å²) in [6.07, 6.45) is 4.57. The Morgan fingerprint density at radius 2 is 1.25 bits per heavy atom. The van der Waals surface area contributed by atoms with Crippen LogP contribution in [-0.4, -0.2) is 12.2 Å². The minimum absolute atomic E-state index is 0.155. The van der Waals surface area contributed by atoms with Gasteiger partial charge in [0.2, 0.25) is 0 Å². The van der Waals surface area contributed by atoms with Crippen molar-refractivity contribution in [3.05, 3.63) is 48.0 Å². The average molecular weight is 399 g/mol. The minimum Gasteiger partial charge on any atom is -0.489 e. The van der Waals surface area contributed by atoms with Crippen LogP contribution in [0.1, 0.15) is 58.9 Å². The Balaban J connectivity index is 2.27. The highest BCUT2D eigenvalue weighted by molar-refractivity contribution is 6.17. The Morgan fingerprint density at radius 3 is 1.75 bits per heavy atom. The van der Waals surface area contributed by atoms with Crippen LogP contribution in [0, 0.1) is 0 Å². The van der Waals surface area contributed by atoms with Crippen LogP contribution < -0.4 is 9.47 Å². The first-order valence-electron chi connectivity index (χ1n) is 10.5. The molecule has 28 heavy (non-hydrogen) atoms. The summed E-state index contributed by atoms with van der Waals surface area (Å²) in [4.78, 5) is 0. The first kappa shape index (κ1) is 20.8. The van der Waals surface area contributed by atoms with Crippen LogP contribution in [0.15, 0.2) is 42.5 Å². The number of hydrogen-bond acceptors (Lipinski definition) is 2. The third-order valence-electron chi connectivity index (χ3n) is 5.17. The van der Waals surface area contributed by atoms with Crippen LogP contribution in [0.3, 0.4) is 0 Å². The van der Waals surface area contributed by atoms with Gasteiger partial charge >= 0.3 is 0 Å². The molecule has 2 nitrogen and oxygen atoms in total. The van der Waals surface area contributed by atoms with Gasteiger partial charge in [0, 0.05) is 27.4 Å². The molecule has 0 saturated heterocycles. The molecule has 0 amide bonds. The van der Waals surface area contributed by atoms with Crippen molar-refractivity contribution in [3.63, 3.8) is 0 Å². The highest BCUT2D eigenvalue weighted by atomic mass is 35.5. The number of hydrogen-bond donors (Lipinski definition) is 0. The molecule has 0 aromatic heterocycles. The van der Waals surface area contributed by atoms with Gasteiger partial charge in [-0.3, -0.25) is 0 Å². The number of alkyl halides is 1. The van der Waals surface area contributed by atoms with Gasteiger partial charge in [-0.05, 0) is 38.3 Å². The highest BCUT2D eigenvalue weighted by Crippen LogP contribution is 2.44. The lowest BCUT2D eigenvalue weighted by Gasteiger charge is -2.23. The summed E-state index contributed by atoms with van der Waals surface area (Å²) >= 11 is 6.15. The van der Waals surface area contributed by atoms with Crippen molar-refractivity contribution >= 4 is 33.1 Å². The third kappa shape index (κ3) is 4.38. The number of fused-ring (bicyclic) bond motifs is 2. The van der Waals surface area contributed by atoms with Gasteiger partial charge in [0.1, 0.15) is 11.5 Å². The fourth-order valence-electron chi connectivity index (χ4n) is 3.82. The maximum atomic E-state index is 6.49. The van der Waals surface area contributed by atoms with Crippen LogP contribution in [-0.2, 0) is 5.88 Å². The molecular weight excluding hydrogens is 368 g/mol. The highest BCUT2D eigenvalue weighted by Gasteiger charge is 2.19. The van der Waals surface area contributed by atoms with Gasteiger partial charge in [0.15, 0.2) is 0 Å². The maximum absolute atomic E-state index is 6.49. The zero-order chi connectivity index (χ0) is 20.1. The quantitative estimate of drug-likeness (QED) is 0.269. The fourth-order valence-corrected chi connectivity index (χ4v) is 3.98. The Hall–Kier alpha value is -1.93. The standard InChI is InChI=1S/C25H31ClO2/c1-5-9-17(3)27-24-20-11-7-8-12-21(20)25(28-18(4)10-6-2)23-15-19(16-26)13-14-22(23)24/h7-8,11-15,17-18H,5-6,9-10,16H2,1-4H3. The minimum atomic E-state index is 0.155. The van der Waals surface area contributed by atoms with E-state index in [2.05, 4.69) is 70.2 Å². The molecule has 0 N–H and O–H groups in total. The summed E-state index contributed by atoms with van der Waals surface area (Å²) < 4.78 is 13.0. The van der Waals surface area contributed by atoms with E-state index in [4.69, 9.17) is 21.1 Å². The number of ether oxygens (including phenoxy) is 2. The van der Waals surface area contributed by atoms with E-state index in [1.807, 2.05) is 0 Å². The molecule has 0 spiro atoms. The predicted octanol–water partition coefficient (Wildman–Crippen LogP) is 7.87.